The first-order valence-electron chi connectivity index (χ1n) is 9.51. The molecule has 8 heteroatoms. The summed E-state index contributed by atoms with van der Waals surface area (Å²) in [6, 6.07) is 11.8. The predicted molar refractivity (Wildman–Crippen MR) is 114 cm³/mol. The minimum atomic E-state index is 0.123. The maximum absolute atomic E-state index is 12.7. The van der Waals surface area contributed by atoms with E-state index < -0.39 is 0 Å². The Morgan fingerprint density at radius 3 is 2.59 bits per heavy atom. The number of carbonyl (C=O) groups is 1. The molecule has 1 aromatic carbocycles. The number of amides is 1. The summed E-state index contributed by atoms with van der Waals surface area (Å²) in [5.41, 5.74) is 1.95. The van der Waals surface area contributed by atoms with Crippen molar-refractivity contribution in [2.75, 3.05) is 45.3 Å². The van der Waals surface area contributed by atoms with E-state index in [1.807, 2.05) is 29.2 Å². The van der Waals surface area contributed by atoms with Crippen LogP contribution in [0.25, 0.3) is 10.6 Å². The highest BCUT2D eigenvalue weighted by Crippen LogP contribution is 2.28. The number of hydrogen-bond acceptors (Lipinski definition) is 6. The minimum Gasteiger partial charge on any atom is -0.493 e. The summed E-state index contributed by atoms with van der Waals surface area (Å²) in [5, 5.41) is 9.61. The van der Waals surface area contributed by atoms with Gasteiger partial charge in [0, 0.05) is 32.2 Å². The molecule has 0 unspecified atom stereocenters. The third kappa shape index (κ3) is 4.22. The summed E-state index contributed by atoms with van der Waals surface area (Å²) in [6.07, 6.45) is 0.352. The molecule has 3 heterocycles. The quantitative estimate of drug-likeness (QED) is 0.674. The number of benzene rings is 1. The zero-order valence-electron chi connectivity index (χ0n) is 16.6. The van der Waals surface area contributed by atoms with Crippen LogP contribution in [0.4, 0.5) is 5.82 Å². The average Bonchev–Trinajstić information content (AvgIpc) is 3.45. The molecule has 4 rings (SSSR count). The second kappa shape index (κ2) is 8.57. The maximum Gasteiger partial charge on any atom is 0.227 e. The Kier molecular flexibility index (Phi) is 5.71. The number of methoxy groups -OCH3 is 2. The van der Waals surface area contributed by atoms with Gasteiger partial charge in [0.1, 0.15) is 0 Å². The number of aromatic nitrogens is 2. The van der Waals surface area contributed by atoms with E-state index in [0.717, 1.165) is 30.2 Å². The molecule has 1 amide bonds. The van der Waals surface area contributed by atoms with Crippen molar-refractivity contribution in [3.8, 4) is 22.1 Å². The number of nitrogens with one attached hydrogen (secondary N) is 1. The van der Waals surface area contributed by atoms with E-state index in [1.165, 1.54) is 4.88 Å². The first-order chi connectivity index (χ1) is 14.2. The summed E-state index contributed by atoms with van der Waals surface area (Å²) < 4.78 is 10.6. The van der Waals surface area contributed by atoms with Gasteiger partial charge in [-0.25, -0.2) is 0 Å². The van der Waals surface area contributed by atoms with Crippen molar-refractivity contribution < 1.29 is 14.3 Å². The van der Waals surface area contributed by atoms with Crippen LogP contribution in [0.1, 0.15) is 5.56 Å². The highest BCUT2D eigenvalue weighted by atomic mass is 32.1. The Hall–Kier alpha value is -3.00. The number of carbonyl (C=O) groups excluding carboxylic acids is 1. The van der Waals surface area contributed by atoms with Crippen LogP contribution in [0.3, 0.4) is 0 Å². The van der Waals surface area contributed by atoms with Gasteiger partial charge in [-0.15, -0.1) is 11.3 Å². The van der Waals surface area contributed by atoms with Gasteiger partial charge in [-0.3, -0.25) is 9.89 Å². The number of thiophene rings is 1. The summed E-state index contributed by atoms with van der Waals surface area (Å²) in [6.45, 7) is 2.92. The van der Waals surface area contributed by atoms with Gasteiger partial charge < -0.3 is 19.3 Å². The zero-order chi connectivity index (χ0) is 20.2. The molecule has 1 aliphatic rings. The lowest BCUT2D eigenvalue weighted by Gasteiger charge is -2.34. The Morgan fingerprint density at radius 1 is 1.10 bits per heavy atom. The molecule has 152 valence electrons. The van der Waals surface area contributed by atoms with Crippen LogP contribution in [0.2, 0.25) is 0 Å². The second-order valence-electron chi connectivity index (χ2n) is 6.85. The van der Waals surface area contributed by atoms with Crippen molar-refractivity contribution in [2.45, 2.75) is 6.42 Å². The van der Waals surface area contributed by atoms with E-state index in [1.54, 1.807) is 25.6 Å². The van der Waals surface area contributed by atoms with E-state index in [0.29, 0.717) is 31.0 Å². The number of ether oxygens (including phenoxy) is 2. The van der Waals surface area contributed by atoms with Crippen LogP contribution in [-0.4, -0.2) is 61.4 Å². The minimum absolute atomic E-state index is 0.123. The van der Waals surface area contributed by atoms with Crippen molar-refractivity contribution in [2.24, 2.45) is 0 Å². The third-order valence-electron chi connectivity index (χ3n) is 5.11. The predicted octanol–water partition coefficient (Wildman–Crippen LogP) is 3.05. The fourth-order valence-electron chi connectivity index (χ4n) is 3.49. The Morgan fingerprint density at radius 2 is 1.90 bits per heavy atom. The van der Waals surface area contributed by atoms with Gasteiger partial charge in [0.2, 0.25) is 5.91 Å². The molecule has 0 atom stereocenters. The van der Waals surface area contributed by atoms with Gasteiger partial charge in [0.05, 0.1) is 31.2 Å². The Labute approximate surface area is 173 Å². The monoisotopic (exact) mass is 412 g/mol. The lowest BCUT2D eigenvalue weighted by Crippen LogP contribution is -2.49. The molecule has 0 aliphatic carbocycles. The van der Waals surface area contributed by atoms with Gasteiger partial charge in [0.15, 0.2) is 17.3 Å². The molecule has 1 N–H and O–H groups in total. The van der Waals surface area contributed by atoms with Crippen LogP contribution in [0.15, 0.2) is 41.8 Å². The molecule has 1 aliphatic heterocycles. The summed E-state index contributed by atoms with van der Waals surface area (Å²) in [5.74, 6) is 2.36. The number of rotatable bonds is 6. The van der Waals surface area contributed by atoms with Crippen molar-refractivity contribution in [1.82, 2.24) is 15.1 Å². The van der Waals surface area contributed by atoms with Crippen molar-refractivity contribution in [3.05, 3.63) is 47.3 Å². The fraction of sp³-hybridized carbons (Fsp3) is 0.333. The largest absolute Gasteiger partial charge is 0.493 e. The standard InChI is InChI=1S/C21H24N4O3S/c1-27-17-6-5-15(12-18(17)28-2)13-21(26)25-9-7-24(8-10-25)20-14-16(22-23-20)19-4-3-11-29-19/h3-6,11-12,14H,7-10,13H2,1-2H3,(H,22,23). The maximum atomic E-state index is 12.7. The first kappa shape index (κ1) is 19.3. The summed E-state index contributed by atoms with van der Waals surface area (Å²) in [4.78, 5) is 18.0. The summed E-state index contributed by atoms with van der Waals surface area (Å²) in [7, 11) is 3.20. The molecule has 7 nitrogen and oxygen atoms in total. The zero-order valence-corrected chi connectivity index (χ0v) is 17.4. The Bertz CT molecular complexity index is 962. The number of nitrogens with zero attached hydrogens (tertiary/aromatic N) is 3. The van der Waals surface area contributed by atoms with E-state index >= 15 is 0 Å². The molecule has 3 aromatic rings. The molecule has 0 radical (unpaired) electrons. The number of anilines is 1. The van der Waals surface area contributed by atoms with E-state index in [2.05, 4.69) is 32.6 Å². The number of hydrogen-bond donors (Lipinski definition) is 1. The van der Waals surface area contributed by atoms with Crippen molar-refractivity contribution in [1.29, 1.82) is 0 Å². The molecule has 1 fully saturated rings. The van der Waals surface area contributed by atoms with Crippen LogP contribution >= 0.6 is 11.3 Å². The molecule has 29 heavy (non-hydrogen) atoms. The molecule has 1 saturated heterocycles. The molecule has 0 spiro atoms. The molecule has 0 bridgehead atoms. The summed E-state index contributed by atoms with van der Waals surface area (Å²) >= 11 is 1.69. The number of piperazine rings is 1. The van der Waals surface area contributed by atoms with Crippen LogP contribution in [0.5, 0.6) is 11.5 Å². The highest BCUT2D eigenvalue weighted by molar-refractivity contribution is 7.13. The lowest BCUT2D eigenvalue weighted by atomic mass is 10.1. The fourth-order valence-corrected chi connectivity index (χ4v) is 4.19. The van der Waals surface area contributed by atoms with Gasteiger partial charge in [-0.2, -0.15) is 5.10 Å². The van der Waals surface area contributed by atoms with E-state index in [4.69, 9.17) is 9.47 Å². The molecular weight excluding hydrogens is 388 g/mol. The van der Waals surface area contributed by atoms with Crippen LogP contribution in [-0.2, 0) is 11.2 Å². The smallest absolute Gasteiger partial charge is 0.227 e. The topological polar surface area (TPSA) is 70.7 Å². The van der Waals surface area contributed by atoms with Crippen LogP contribution < -0.4 is 14.4 Å². The van der Waals surface area contributed by atoms with Gasteiger partial charge in [-0.05, 0) is 29.1 Å². The normalized spacial score (nSPS) is 14.1. The van der Waals surface area contributed by atoms with Crippen LogP contribution in [0, 0.1) is 0 Å². The number of aromatic amines is 1. The van der Waals surface area contributed by atoms with Gasteiger partial charge in [-0.1, -0.05) is 12.1 Å². The Balaban J connectivity index is 1.34. The third-order valence-corrected chi connectivity index (χ3v) is 6.01. The lowest BCUT2D eigenvalue weighted by molar-refractivity contribution is -0.130. The van der Waals surface area contributed by atoms with Crippen molar-refractivity contribution >= 4 is 23.1 Å². The average molecular weight is 413 g/mol. The molecule has 2 aromatic heterocycles. The van der Waals surface area contributed by atoms with Gasteiger partial charge in [0.25, 0.3) is 0 Å². The van der Waals surface area contributed by atoms with E-state index in [9.17, 15) is 4.79 Å². The molecule has 0 saturated carbocycles. The van der Waals surface area contributed by atoms with Crippen molar-refractivity contribution in [3.63, 3.8) is 0 Å². The SMILES string of the molecule is COc1ccc(CC(=O)N2CCN(c3cc(-c4cccs4)[nH]n3)CC2)cc1OC. The molecular formula is C21H24N4O3S. The second-order valence-corrected chi connectivity index (χ2v) is 7.80. The highest BCUT2D eigenvalue weighted by Gasteiger charge is 2.23. The van der Waals surface area contributed by atoms with E-state index in [-0.39, 0.29) is 5.91 Å². The first-order valence-corrected chi connectivity index (χ1v) is 10.4. The van der Waals surface area contributed by atoms with Gasteiger partial charge >= 0.3 is 0 Å². The number of H-pyrrole nitrogens is 1.